The van der Waals surface area contributed by atoms with Crippen LogP contribution in [0.3, 0.4) is 0 Å². The number of aliphatic carboxylic acids is 2. The van der Waals surface area contributed by atoms with Crippen LogP contribution in [-0.4, -0.2) is 28.7 Å². The highest BCUT2D eigenvalue weighted by Crippen LogP contribution is 2.24. The molecule has 6 heteroatoms. The Morgan fingerprint density at radius 3 is 2.53 bits per heavy atom. The fourth-order valence-corrected chi connectivity index (χ4v) is 1.87. The molecule has 0 amide bonds. The predicted molar refractivity (Wildman–Crippen MR) is 66.4 cm³/mol. The van der Waals surface area contributed by atoms with Gasteiger partial charge in [0.2, 0.25) is 0 Å². The lowest BCUT2D eigenvalue weighted by molar-refractivity contribution is -0.159. The van der Waals surface area contributed by atoms with Gasteiger partial charge in [0.05, 0.1) is 12.5 Å². The molecule has 1 unspecified atom stereocenters. The van der Waals surface area contributed by atoms with Crippen molar-refractivity contribution in [1.82, 2.24) is 5.32 Å². The number of nitrogens with one attached hydrogen (secondary N) is 1. The van der Waals surface area contributed by atoms with E-state index in [0.717, 1.165) is 13.0 Å². The van der Waals surface area contributed by atoms with Gasteiger partial charge in [0.25, 0.3) is 0 Å². The molecule has 6 nitrogen and oxygen atoms in total. The van der Waals surface area contributed by atoms with Crippen molar-refractivity contribution in [2.24, 2.45) is 0 Å². The zero-order valence-electron chi connectivity index (χ0n) is 10.2. The number of carboxylic acids is 2. The molecular formula is C13H14N2O4. The van der Waals surface area contributed by atoms with Gasteiger partial charge in [0.15, 0.2) is 0 Å². The van der Waals surface area contributed by atoms with Crippen LogP contribution in [0.15, 0.2) is 24.3 Å². The first-order valence-electron chi connectivity index (χ1n) is 5.70. The minimum Gasteiger partial charge on any atom is -0.473 e. The van der Waals surface area contributed by atoms with Crippen LogP contribution < -0.4 is 5.32 Å². The SMILES string of the molecule is N#CCC1NCCc2ccccc21.O=C(O)C(=O)O. The summed E-state index contributed by atoms with van der Waals surface area (Å²) in [6.07, 6.45) is 1.65. The van der Waals surface area contributed by atoms with E-state index in [4.69, 9.17) is 25.1 Å². The van der Waals surface area contributed by atoms with Crippen molar-refractivity contribution < 1.29 is 19.8 Å². The summed E-state index contributed by atoms with van der Waals surface area (Å²) in [7, 11) is 0. The van der Waals surface area contributed by atoms with Crippen LogP contribution in [0.1, 0.15) is 23.6 Å². The summed E-state index contributed by atoms with van der Waals surface area (Å²) in [5.41, 5.74) is 2.69. The minimum absolute atomic E-state index is 0.245. The molecule has 0 bridgehead atoms. The molecule has 1 aromatic carbocycles. The molecule has 0 aliphatic carbocycles. The monoisotopic (exact) mass is 262 g/mol. The van der Waals surface area contributed by atoms with Crippen molar-refractivity contribution in [3.05, 3.63) is 35.4 Å². The summed E-state index contributed by atoms with van der Waals surface area (Å²) in [5.74, 6) is -3.65. The van der Waals surface area contributed by atoms with Gasteiger partial charge in [-0.05, 0) is 24.1 Å². The van der Waals surface area contributed by atoms with Crippen LogP contribution in [-0.2, 0) is 16.0 Å². The van der Waals surface area contributed by atoms with Crippen molar-refractivity contribution in [3.8, 4) is 6.07 Å². The number of fused-ring (bicyclic) bond motifs is 1. The van der Waals surface area contributed by atoms with Crippen LogP contribution in [0.4, 0.5) is 0 Å². The normalized spacial score (nSPS) is 16.3. The molecule has 1 aromatic rings. The summed E-state index contributed by atoms with van der Waals surface area (Å²) in [6.45, 7) is 0.989. The Labute approximate surface area is 110 Å². The zero-order valence-corrected chi connectivity index (χ0v) is 10.2. The van der Waals surface area contributed by atoms with Gasteiger partial charge in [-0.1, -0.05) is 24.3 Å². The van der Waals surface area contributed by atoms with Crippen molar-refractivity contribution in [1.29, 1.82) is 5.26 Å². The van der Waals surface area contributed by atoms with E-state index in [9.17, 15) is 0 Å². The van der Waals surface area contributed by atoms with E-state index >= 15 is 0 Å². The summed E-state index contributed by atoms with van der Waals surface area (Å²) in [5, 5.41) is 26.8. The number of carboxylic acid groups (broad SMARTS) is 2. The first kappa shape index (κ1) is 14.7. The molecular weight excluding hydrogens is 248 g/mol. The van der Waals surface area contributed by atoms with Crippen LogP contribution in [0, 0.1) is 11.3 Å². The Morgan fingerprint density at radius 1 is 1.32 bits per heavy atom. The highest BCUT2D eigenvalue weighted by atomic mass is 16.4. The van der Waals surface area contributed by atoms with Crippen molar-refractivity contribution >= 4 is 11.9 Å². The van der Waals surface area contributed by atoms with Crippen LogP contribution in [0.25, 0.3) is 0 Å². The Kier molecular flexibility index (Phi) is 5.51. The maximum absolute atomic E-state index is 9.10. The first-order chi connectivity index (χ1) is 9.06. The third-order valence-corrected chi connectivity index (χ3v) is 2.69. The maximum atomic E-state index is 9.10. The maximum Gasteiger partial charge on any atom is 0.414 e. The third kappa shape index (κ3) is 4.41. The van der Waals surface area contributed by atoms with Crippen LogP contribution >= 0.6 is 0 Å². The molecule has 3 N–H and O–H groups in total. The molecule has 1 atom stereocenters. The molecule has 0 saturated carbocycles. The summed E-state index contributed by atoms with van der Waals surface area (Å²) >= 11 is 0. The van der Waals surface area contributed by atoms with Gasteiger partial charge >= 0.3 is 11.9 Å². The van der Waals surface area contributed by atoms with Gasteiger partial charge in [-0.3, -0.25) is 0 Å². The highest BCUT2D eigenvalue weighted by Gasteiger charge is 2.17. The van der Waals surface area contributed by atoms with Gasteiger partial charge < -0.3 is 15.5 Å². The van der Waals surface area contributed by atoms with Gasteiger partial charge in [-0.2, -0.15) is 5.26 Å². The number of hydrogen-bond donors (Lipinski definition) is 3. The fraction of sp³-hybridized carbons (Fsp3) is 0.308. The number of nitriles is 1. The largest absolute Gasteiger partial charge is 0.473 e. The lowest BCUT2D eigenvalue weighted by atomic mass is 9.93. The summed E-state index contributed by atoms with van der Waals surface area (Å²) in [6, 6.07) is 10.8. The van der Waals surface area contributed by atoms with Crippen LogP contribution in [0.5, 0.6) is 0 Å². The number of rotatable bonds is 1. The van der Waals surface area contributed by atoms with E-state index in [1.54, 1.807) is 0 Å². The molecule has 0 aromatic heterocycles. The highest BCUT2D eigenvalue weighted by molar-refractivity contribution is 6.27. The van der Waals surface area contributed by atoms with Crippen molar-refractivity contribution in [2.45, 2.75) is 18.9 Å². The Morgan fingerprint density at radius 2 is 1.95 bits per heavy atom. The van der Waals surface area contributed by atoms with E-state index in [-0.39, 0.29) is 6.04 Å². The number of hydrogen-bond acceptors (Lipinski definition) is 4. The van der Waals surface area contributed by atoms with E-state index in [1.807, 2.05) is 6.07 Å². The quantitative estimate of drug-likeness (QED) is 0.650. The molecule has 2 rings (SSSR count). The second-order valence-corrected chi connectivity index (χ2v) is 3.93. The summed E-state index contributed by atoms with van der Waals surface area (Å²) in [4.78, 5) is 18.2. The molecule has 1 aliphatic rings. The smallest absolute Gasteiger partial charge is 0.414 e. The number of carbonyl (C=O) groups is 2. The van der Waals surface area contributed by atoms with Gasteiger partial charge in [0.1, 0.15) is 0 Å². The molecule has 0 radical (unpaired) electrons. The van der Waals surface area contributed by atoms with E-state index in [1.165, 1.54) is 11.1 Å². The van der Waals surface area contributed by atoms with Gasteiger partial charge in [-0.15, -0.1) is 0 Å². The number of nitrogens with zero attached hydrogens (tertiary/aromatic N) is 1. The predicted octanol–water partition coefficient (Wildman–Crippen LogP) is 0.943. The lowest BCUT2D eigenvalue weighted by Gasteiger charge is -2.24. The molecule has 0 fully saturated rings. The third-order valence-electron chi connectivity index (χ3n) is 2.69. The molecule has 0 saturated heterocycles. The van der Waals surface area contributed by atoms with E-state index in [2.05, 4.69) is 29.6 Å². The zero-order chi connectivity index (χ0) is 14.3. The molecule has 0 spiro atoms. The number of benzene rings is 1. The molecule has 19 heavy (non-hydrogen) atoms. The molecule has 1 aliphatic heterocycles. The van der Waals surface area contributed by atoms with Crippen LogP contribution in [0.2, 0.25) is 0 Å². The lowest BCUT2D eigenvalue weighted by Crippen LogP contribution is -2.29. The average Bonchev–Trinajstić information content (AvgIpc) is 2.40. The Hall–Kier alpha value is -2.39. The van der Waals surface area contributed by atoms with Gasteiger partial charge in [0, 0.05) is 6.04 Å². The molecule has 100 valence electrons. The second kappa shape index (κ2) is 7.13. The first-order valence-corrected chi connectivity index (χ1v) is 5.70. The average molecular weight is 262 g/mol. The topological polar surface area (TPSA) is 110 Å². The summed E-state index contributed by atoms with van der Waals surface area (Å²) < 4.78 is 0. The van der Waals surface area contributed by atoms with E-state index in [0.29, 0.717) is 6.42 Å². The molecule has 1 heterocycles. The van der Waals surface area contributed by atoms with E-state index < -0.39 is 11.9 Å². The second-order valence-electron chi connectivity index (χ2n) is 3.93. The minimum atomic E-state index is -1.82. The van der Waals surface area contributed by atoms with Crippen molar-refractivity contribution in [3.63, 3.8) is 0 Å². The standard InChI is InChI=1S/C11H12N2.C2H2O4/c12-7-5-11-10-4-2-1-3-9(10)6-8-13-11;3-1(4)2(5)6/h1-4,11,13H,5-6,8H2;(H,3,4)(H,5,6). The Bertz CT molecular complexity index is 496. The van der Waals surface area contributed by atoms with Gasteiger partial charge in [-0.25, -0.2) is 9.59 Å². The fourth-order valence-electron chi connectivity index (χ4n) is 1.87. The Balaban J connectivity index is 0.000000258. The van der Waals surface area contributed by atoms with Crippen molar-refractivity contribution in [2.75, 3.05) is 6.54 Å².